The van der Waals surface area contributed by atoms with Gasteiger partial charge in [0.15, 0.2) is 0 Å². The number of hydrogen-bond donors (Lipinski definition) is 0. The molecule has 0 saturated carbocycles. The van der Waals surface area contributed by atoms with Crippen molar-refractivity contribution in [2.75, 3.05) is 0 Å². The van der Waals surface area contributed by atoms with Gasteiger partial charge in [0.05, 0.1) is 0 Å². The van der Waals surface area contributed by atoms with Gasteiger partial charge in [0.25, 0.3) is 0 Å². The zero-order chi connectivity index (χ0) is 10.9. The van der Waals surface area contributed by atoms with Crippen molar-refractivity contribution in [3.8, 4) is 0 Å². The van der Waals surface area contributed by atoms with Gasteiger partial charge in [-0.3, -0.25) is 0 Å². The van der Waals surface area contributed by atoms with Gasteiger partial charge in [0.2, 0.25) is 0 Å². The van der Waals surface area contributed by atoms with Crippen LogP contribution in [0.3, 0.4) is 0 Å². The van der Waals surface area contributed by atoms with E-state index in [0.29, 0.717) is 5.41 Å². The molecule has 0 heterocycles. The lowest BCUT2D eigenvalue weighted by Gasteiger charge is -2.33. The van der Waals surface area contributed by atoms with Crippen LogP contribution in [0, 0.1) is 12.3 Å². The molecule has 0 saturated heterocycles. The van der Waals surface area contributed by atoms with Gasteiger partial charge in [-0.2, -0.15) is 0 Å². The average molecular weight is 197 g/mol. The highest BCUT2D eigenvalue weighted by Gasteiger charge is 2.25. The fourth-order valence-electron chi connectivity index (χ4n) is 2.38. The van der Waals surface area contributed by atoms with E-state index in [-0.39, 0.29) is 0 Å². The highest BCUT2D eigenvalue weighted by Crippen LogP contribution is 2.38. The van der Waals surface area contributed by atoms with Crippen LogP contribution in [-0.4, -0.2) is 0 Å². The number of rotatable bonds is 9. The molecule has 85 valence electrons. The maximum absolute atomic E-state index is 4.03. The van der Waals surface area contributed by atoms with Crippen LogP contribution in [0.15, 0.2) is 0 Å². The molecule has 0 nitrogen and oxygen atoms in total. The number of unbranched alkanes of at least 4 members (excludes halogenated alkanes) is 2. The van der Waals surface area contributed by atoms with Crippen LogP contribution in [0.5, 0.6) is 0 Å². The van der Waals surface area contributed by atoms with Crippen molar-refractivity contribution in [1.82, 2.24) is 0 Å². The lowest BCUT2D eigenvalue weighted by molar-refractivity contribution is 0.198. The maximum atomic E-state index is 4.03. The quantitative estimate of drug-likeness (QED) is 0.465. The summed E-state index contributed by atoms with van der Waals surface area (Å²) in [7, 11) is 0. The van der Waals surface area contributed by atoms with E-state index in [4.69, 9.17) is 0 Å². The Morgan fingerprint density at radius 3 is 1.64 bits per heavy atom. The van der Waals surface area contributed by atoms with E-state index in [9.17, 15) is 0 Å². The molecule has 14 heavy (non-hydrogen) atoms. The van der Waals surface area contributed by atoms with Crippen molar-refractivity contribution < 1.29 is 0 Å². The van der Waals surface area contributed by atoms with Crippen LogP contribution in [0.25, 0.3) is 0 Å². The van der Waals surface area contributed by atoms with Crippen molar-refractivity contribution in [2.24, 2.45) is 5.41 Å². The first-order valence-electron chi connectivity index (χ1n) is 6.54. The Bertz CT molecular complexity index is 107. The minimum absolute atomic E-state index is 0.633. The molecule has 0 heteroatoms. The molecule has 0 aromatic carbocycles. The first-order valence-corrected chi connectivity index (χ1v) is 6.54. The van der Waals surface area contributed by atoms with E-state index >= 15 is 0 Å². The van der Waals surface area contributed by atoms with Crippen LogP contribution >= 0.6 is 0 Å². The van der Waals surface area contributed by atoms with Gasteiger partial charge in [-0.05, 0) is 24.7 Å². The molecule has 0 N–H and O–H groups in total. The van der Waals surface area contributed by atoms with Crippen molar-refractivity contribution in [1.29, 1.82) is 0 Å². The standard InChI is InChI=1S/C14H29/c1-5-9-12-14(8-4,11-7-3)13-10-6-2/h3,5-13H2,1-2,4H3. The van der Waals surface area contributed by atoms with Crippen LogP contribution in [0.2, 0.25) is 0 Å². The highest BCUT2D eigenvalue weighted by atomic mass is 14.3. The van der Waals surface area contributed by atoms with E-state index in [1.54, 1.807) is 0 Å². The Labute approximate surface area is 91.5 Å². The van der Waals surface area contributed by atoms with E-state index in [1.807, 2.05) is 0 Å². The lowest BCUT2D eigenvalue weighted by Crippen LogP contribution is -2.19. The minimum atomic E-state index is 0.633. The van der Waals surface area contributed by atoms with Gasteiger partial charge in [-0.25, -0.2) is 0 Å². The number of hydrogen-bond acceptors (Lipinski definition) is 0. The Morgan fingerprint density at radius 2 is 1.36 bits per heavy atom. The Morgan fingerprint density at radius 1 is 0.857 bits per heavy atom. The fourth-order valence-corrected chi connectivity index (χ4v) is 2.38. The molecular weight excluding hydrogens is 168 g/mol. The molecule has 0 bridgehead atoms. The summed E-state index contributed by atoms with van der Waals surface area (Å²) < 4.78 is 0. The van der Waals surface area contributed by atoms with Crippen LogP contribution in [0.4, 0.5) is 0 Å². The monoisotopic (exact) mass is 197 g/mol. The molecule has 0 unspecified atom stereocenters. The van der Waals surface area contributed by atoms with Crippen LogP contribution in [-0.2, 0) is 0 Å². The van der Waals surface area contributed by atoms with Gasteiger partial charge < -0.3 is 0 Å². The third-order valence-corrected chi connectivity index (χ3v) is 3.58. The molecule has 0 fully saturated rings. The molecule has 0 aliphatic heterocycles. The highest BCUT2D eigenvalue weighted by molar-refractivity contribution is 4.78. The minimum Gasteiger partial charge on any atom is -0.0654 e. The van der Waals surface area contributed by atoms with Gasteiger partial charge in [0.1, 0.15) is 0 Å². The summed E-state index contributed by atoms with van der Waals surface area (Å²) in [5.41, 5.74) is 0.633. The normalized spacial score (nSPS) is 12.0. The second-order valence-electron chi connectivity index (χ2n) is 4.66. The Hall–Kier alpha value is 0. The second-order valence-corrected chi connectivity index (χ2v) is 4.66. The van der Waals surface area contributed by atoms with Gasteiger partial charge >= 0.3 is 0 Å². The molecular formula is C14H29. The lowest BCUT2D eigenvalue weighted by atomic mass is 9.73. The average Bonchev–Trinajstić information content (AvgIpc) is 2.22. The zero-order valence-electron chi connectivity index (χ0n) is 10.6. The summed E-state index contributed by atoms with van der Waals surface area (Å²) in [5.74, 6) is 0. The van der Waals surface area contributed by atoms with Crippen LogP contribution in [0.1, 0.15) is 78.6 Å². The first-order chi connectivity index (χ1) is 6.74. The Balaban J connectivity index is 4.11. The van der Waals surface area contributed by atoms with Crippen molar-refractivity contribution in [3.63, 3.8) is 0 Å². The smallest absolute Gasteiger partial charge is 0.0300 e. The maximum Gasteiger partial charge on any atom is -0.0300 e. The Kier molecular flexibility index (Phi) is 8.32. The van der Waals surface area contributed by atoms with Crippen molar-refractivity contribution in [3.05, 3.63) is 6.92 Å². The van der Waals surface area contributed by atoms with Crippen molar-refractivity contribution in [2.45, 2.75) is 78.6 Å². The summed E-state index contributed by atoms with van der Waals surface area (Å²) in [4.78, 5) is 0. The van der Waals surface area contributed by atoms with Crippen molar-refractivity contribution >= 4 is 0 Å². The second kappa shape index (κ2) is 8.32. The fraction of sp³-hybridized carbons (Fsp3) is 0.929. The summed E-state index contributed by atoms with van der Waals surface area (Å²) in [6.45, 7) is 11.0. The third kappa shape index (κ3) is 5.02. The summed E-state index contributed by atoms with van der Waals surface area (Å²) in [6.07, 6.45) is 12.1. The van der Waals surface area contributed by atoms with E-state index in [0.717, 1.165) is 6.42 Å². The molecule has 0 aromatic heterocycles. The molecule has 0 aliphatic carbocycles. The molecule has 1 radical (unpaired) electrons. The third-order valence-electron chi connectivity index (χ3n) is 3.58. The zero-order valence-corrected chi connectivity index (χ0v) is 10.6. The predicted octanol–water partition coefficient (Wildman–Crippen LogP) is 5.38. The SMILES string of the molecule is [CH2]CCC(CC)(CCCC)CCCC. The predicted molar refractivity (Wildman–Crippen MR) is 66.4 cm³/mol. The summed E-state index contributed by atoms with van der Waals surface area (Å²) in [5, 5.41) is 0. The molecule has 0 spiro atoms. The molecule has 0 atom stereocenters. The molecule has 0 rings (SSSR count). The first kappa shape index (κ1) is 14.0. The van der Waals surface area contributed by atoms with E-state index in [2.05, 4.69) is 27.7 Å². The largest absolute Gasteiger partial charge is 0.0654 e. The summed E-state index contributed by atoms with van der Waals surface area (Å²) >= 11 is 0. The topological polar surface area (TPSA) is 0 Å². The van der Waals surface area contributed by atoms with Crippen LogP contribution < -0.4 is 0 Å². The van der Waals surface area contributed by atoms with Gasteiger partial charge in [-0.1, -0.05) is 66.2 Å². The van der Waals surface area contributed by atoms with E-state index in [1.165, 1.54) is 51.4 Å². The summed E-state index contributed by atoms with van der Waals surface area (Å²) in [6, 6.07) is 0. The molecule has 0 amide bonds. The molecule has 0 aromatic rings. The van der Waals surface area contributed by atoms with Gasteiger partial charge in [0, 0.05) is 0 Å². The van der Waals surface area contributed by atoms with Gasteiger partial charge in [-0.15, -0.1) is 0 Å². The molecule has 0 aliphatic rings. The van der Waals surface area contributed by atoms with E-state index < -0.39 is 0 Å².